The molecule has 0 bridgehead atoms. The van der Waals surface area contributed by atoms with E-state index in [2.05, 4.69) is 15.8 Å². The quantitative estimate of drug-likeness (QED) is 0.757. The highest BCUT2D eigenvalue weighted by Crippen LogP contribution is 2.10. The number of aryl methyl sites for hydroxylation is 1. The number of rotatable bonds is 7. The zero-order valence-corrected chi connectivity index (χ0v) is 11.3. The average Bonchev–Trinajstić information content (AvgIpc) is 3.07. The summed E-state index contributed by atoms with van der Waals surface area (Å²) in [6.07, 6.45) is 3.28. The van der Waals surface area contributed by atoms with E-state index < -0.39 is 0 Å². The Kier molecular flexibility index (Phi) is 5.35. The van der Waals surface area contributed by atoms with Crippen molar-refractivity contribution in [3.05, 3.63) is 17.5 Å². The van der Waals surface area contributed by atoms with Crippen LogP contribution in [-0.2, 0) is 22.5 Å². The van der Waals surface area contributed by atoms with E-state index in [0.717, 1.165) is 38.1 Å². The van der Waals surface area contributed by atoms with Crippen LogP contribution in [0.2, 0.25) is 0 Å². The minimum absolute atomic E-state index is 0.0487. The second kappa shape index (κ2) is 7.25. The largest absolute Gasteiger partial charge is 0.377 e. The SMILES string of the molecule is CCc1cc(CNC(=O)CNCC2CCCO2)on1. The normalized spacial score (nSPS) is 18.7. The first-order valence-electron chi connectivity index (χ1n) is 6.81. The van der Waals surface area contributed by atoms with Crippen LogP contribution >= 0.6 is 0 Å². The number of hydrogen-bond acceptors (Lipinski definition) is 5. The van der Waals surface area contributed by atoms with E-state index in [1.165, 1.54) is 0 Å². The van der Waals surface area contributed by atoms with Gasteiger partial charge in [-0.15, -0.1) is 0 Å². The van der Waals surface area contributed by atoms with Crippen LogP contribution in [0.3, 0.4) is 0 Å². The lowest BCUT2D eigenvalue weighted by atomic mass is 10.2. The number of hydrogen-bond donors (Lipinski definition) is 2. The van der Waals surface area contributed by atoms with Gasteiger partial charge in [0.1, 0.15) is 0 Å². The molecule has 1 aliphatic heterocycles. The van der Waals surface area contributed by atoms with Crippen molar-refractivity contribution in [2.45, 2.75) is 38.8 Å². The number of ether oxygens (including phenoxy) is 1. The molecular formula is C13H21N3O3. The van der Waals surface area contributed by atoms with Crippen LogP contribution in [0.25, 0.3) is 0 Å². The molecule has 1 aliphatic rings. The van der Waals surface area contributed by atoms with Crippen molar-refractivity contribution in [3.63, 3.8) is 0 Å². The third-order valence-corrected chi connectivity index (χ3v) is 3.11. The molecule has 0 aliphatic carbocycles. The predicted molar refractivity (Wildman–Crippen MR) is 69.6 cm³/mol. The van der Waals surface area contributed by atoms with Crippen LogP contribution in [0, 0.1) is 0 Å². The summed E-state index contributed by atoms with van der Waals surface area (Å²) in [7, 11) is 0. The van der Waals surface area contributed by atoms with Crippen molar-refractivity contribution in [2.24, 2.45) is 0 Å². The molecule has 6 nitrogen and oxygen atoms in total. The van der Waals surface area contributed by atoms with Crippen LogP contribution in [-0.4, -0.2) is 36.9 Å². The summed E-state index contributed by atoms with van der Waals surface area (Å²) < 4.78 is 10.5. The molecule has 2 heterocycles. The van der Waals surface area contributed by atoms with Crippen molar-refractivity contribution < 1.29 is 14.1 Å². The van der Waals surface area contributed by atoms with Gasteiger partial charge in [0.25, 0.3) is 0 Å². The fraction of sp³-hybridized carbons (Fsp3) is 0.692. The van der Waals surface area contributed by atoms with Crippen molar-refractivity contribution >= 4 is 5.91 Å². The highest BCUT2D eigenvalue weighted by Gasteiger charge is 2.15. The number of carbonyl (C=O) groups is 1. The van der Waals surface area contributed by atoms with E-state index in [4.69, 9.17) is 9.26 Å². The maximum absolute atomic E-state index is 11.6. The van der Waals surface area contributed by atoms with Crippen molar-refractivity contribution in [1.29, 1.82) is 0 Å². The fourth-order valence-electron chi connectivity index (χ4n) is 2.01. The van der Waals surface area contributed by atoms with Gasteiger partial charge in [-0.25, -0.2) is 0 Å². The lowest BCUT2D eigenvalue weighted by Crippen LogP contribution is -2.36. The first-order valence-corrected chi connectivity index (χ1v) is 6.81. The maximum atomic E-state index is 11.6. The summed E-state index contributed by atoms with van der Waals surface area (Å²) in [5, 5.41) is 9.75. The van der Waals surface area contributed by atoms with E-state index in [9.17, 15) is 4.79 Å². The minimum atomic E-state index is -0.0487. The summed E-state index contributed by atoms with van der Waals surface area (Å²) in [6.45, 7) is 4.26. The van der Waals surface area contributed by atoms with E-state index in [1.807, 2.05) is 13.0 Å². The van der Waals surface area contributed by atoms with E-state index in [1.54, 1.807) is 0 Å². The Morgan fingerprint density at radius 2 is 2.47 bits per heavy atom. The second-order valence-electron chi connectivity index (χ2n) is 4.68. The first-order chi connectivity index (χ1) is 9.28. The molecule has 0 aromatic carbocycles. The fourth-order valence-corrected chi connectivity index (χ4v) is 2.01. The molecule has 106 valence electrons. The number of carbonyl (C=O) groups excluding carboxylic acids is 1. The lowest BCUT2D eigenvalue weighted by molar-refractivity contribution is -0.120. The predicted octanol–water partition coefficient (Wildman–Crippen LogP) is 0.622. The van der Waals surface area contributed by atoms with E-state index in [0.29, 0.717) is 18.8 Å². The number of nitrogens with zero attached hydrogens (tertiary/aromatic N) is 1. The van der Waals surface area contributed by atoms with E-state index in [-0.39, 0.29) is 12.0 Å². The van der Waals surface area contributed by atoms with Gasteiger partial charge in [0.15, 0.2) is 5.76 Å². The summed E-state index contributed by atoms with van der Waals surface area (Å²) in [5.74, 6) is 0.636. The average molecular weight is 267 g/mol. The number of aromatic nitrogens is 1. The highest BCUT2D eigenvalue weighted by molar-refractivity contribution is 5.77. The topological polar surface area (TPSA) is 76.4 Å². The summed E-state index contributed by atoms with van der Waals surface area (Å²) in [6, 6.07) is 1.86. The maximum Gasteiger partial charge on any atom is 0.234 e. The molecular weight excluding hydrogens is 246 g/mol. The van der Waals surface area contributed by atoms with Gasteiger partial charge < -0.3 is 19.9 Å². The Balaban J connectivity index is 1.58. The molecule has 1 fully saturated rings. The molecule has 0 spiro atoms. The van der Waals surface area contributed by atoms with Crippen molar-refractivity contribution in [2.75, 3.05) is 19.7 Å². The molecule has 2 N–H and O–H groups in total. The molecule has 19 heavy (non-hydrogen) atoms. The molecule has 6 heteroatoms. The third-order valence-electron chi connectivity index (χ3n) is 3.11. The van der Waals surface area contributed by atoms with Gasteiger partial charge in [0.05, 0.1) is 24.9 Å². The molecule has 1 amide bonds. The number of amides is 1. The Morgan fingerprint density at radius 3 is 3.16 bits per heavy atom. The smallest absolute Gasteiger partial charge is 0.234 e. The first kappa shape index (κ1) is 14.0. The highest BCUT2D eigenvalue weighted by atomic mass is 16.5. The molecule has 1 saturated heterocycles. The monoisotopic (exact) mass is 267 g/mol. The molecule has 1 aromatic rings. The van der Waals surface area contributed by atoms with Gasteiger partial charge in [-0.3, -0.25) is 4.79 Å². The molecule has 0 saturated carbocycles. The van der Waals surface area contributed by atoms with Gasteiger partial charge in [0.2, 0.25) is 5.91 Å². The van der Waals surface area contributed by atoms with Gasteiger partial charge in [-0.1, -0.05) is 12.1 Å². The summed E-state index contributed by atoms with van der Waals surface area (Å²) in [5.41, 5.74) is 0.903. The van der Waals surface area contributed by atoms with Crippen molar-refractivity contribution in [3.8, 4) is 0 Å². The van der Waals surface area contributed by atoms with E-state index >= 15 is 0 Å². The molecule has 2 rings (SSSR count). The molecule has 1 atom stereocenters. The zero-order valence-electron chi connectivity index (χ0n) is 11.3. The Morgan fingerprint density at radius 1 is 1.58 bits per heavy atom. The van der Waals surface area contributed by atoms with Crippen LogP contribution in [0.5, 0.6) is 0 Å². The molecule has 1 aromatic heterocycles. The van der Waals surface area contributed by atoms with Crippen LogP contribution in [0.15, 0.2) is 10.6 Å². The van der Waals surface area contributed by atoms with Gasteiger partial charge in [-0.05, 0) is 19.3 Å². The van der Waals surface area contributed by atoms with Gasteiger partial charge >= 0.3 is 0 Å². The summed E-state index contributed by atoms with van der Waals surface area (Å²) >= 11 is 0. The summed E-state index contributed by atoms with van der Waals surface area (Å²) in [4.78, 5) is 11.6. The Bertz CT molecular complexity index is 400. The van der Waals surface area contributed by atoms with Crippen LogP contribution in [0.4, 0.5) is 0 Å². The van der Waals surface area contributed by atoms with Crippen LogP contribution in [0.1, 0.15) is 31.2 Å². The third kappa shape index (κ3) is 4.65. The van der Waals surface area contributed by atoms with Crippen LogP contribution < -0.4 is 10.6 Å². The molecule has 0 radical (unpaired) electrons. The molecule has 1 unspecified atom stereocenters. The Hall–Kier alpha value is -1.40. The van der Waals surface area contributed by atoms with Gasteiger partial charge in [0, 0.05) is 19.2 Å². The minimum Gasteiger partial charge on any atom is -0.377 e. The Labute approximate surface area is 112 Å². The standard InChI is InChI=1S/C13H21N3O3/c1-2-10-6-12(19-16-10)8-15-13(17)9-14-7-11-4-3-5-18-11/h6,11,14H,2-5,7-9H2,1H3,(H,15,17). The van der Waals surface area contributed by atoms with Gasteiger partial charge in [-0.2, -0.15) is 0 Å². The zero-order chi connectivity index (χ0) is 13.5. The van der Waals surface area contributed by atoms with Crippen molar-refractivity contribution in [1.82, 2.24) is 15.8 Å². The second-order valence-corrected chi connectivity index (χ2v) is 4.68. The number of nitrogens with one attached hydrogen (secondary N) is 2. The lowest BCUT2D eigenvalue weighted by Gasteiger charge is -2.10.